The molecular formula is C21H30N2O2. The van der Waals surface area contributed by atoms with Crippen molar-refractivity contribution < 1.29 is 9.59 Å². The molecule has 1 aromatic carbocycles. The number of hydrogen-bond donors (Lipinski definition) is 1. The molecule has 136 valence electrons. The van der Waals surface area contributed by atoms with Gasteiger partial charge >= 0.3 is 0 Å². The molecule has 1 saturated heterocycles. The summed E-state index contributed by atoms with van der Waals surface area (Å²) in [6.07, 6.45) is 8.84. The second kappa shape index (κ2) is 9.02. The number of amides is 2. The lowest BCUT2D eigenvalue weighted by Crippen LogP contribution is -2.51. The zero-order valence-corrected chi connectivity index (χ0v) is 15.1. The van der Waals surface area contributed by atoms with Crippen molar-refractivity contribution in [1.29, 1.82) is 0 Å². The van der Waals surface area contributed by atoms with Crippen LogP contribution in [0.2, 0.25) is 0 Å². The van der Waals surface area contributed by atoms with Crippen LogP contribution in [0, 0.1) is 5.92 Å². The highest BCUT2D eigenvalue weighted by molar-refractivity contribution is 5.82. The normalized spacial score (nSPS) is 25.4. The Morgan fingerprint density at radius 3 is 2.60 bits per heavy atom. The third-order valence-corrected chi connectivity index (χ3v) is 5.61. The molecule has 0 spiro atoms. The molecule has 1 aliphatic heterocycles. The Bertz CT molecular complexity index is 573. The molecule has 25 heavy (non-hydrogen) atoms. The summed E-state index contributed by atoms with van der Waals surface area (Å²) in [6.45, 7) is 1.57. The lowest BCUT2D eigenvalue weighted by atomic mass is 9.82. The van der Waals surface area contributed by atoms with Gasteiger partial charge in [-0.05, 0) is 31.2 Å². The summed E-state index contributed by atoms with van der Waals surface area (Å²) in [7, 11) is 0. The summed E-state index contributed by atoms with van der Waals surface area (Å²) in [4.78, 5) is 27.8. The molecule has 1 saturated carbocycles. The highest BCUT2D eigenvalue weighted by atomic mass is 16.2. The van der Waals surface area contributed by atoms with E-state index in [-0.39, 0.29) is 23.8 Å². The first-order valence-electron chi connectivity index (χ1n) is 9.87. The van der Waals surface area contributed by atoms with Gasteiger partial charge in [-0.3, -0.25) is 9.59 Å². The van der Waals surface area contributed by atoms with Crippen LogP contribution in [0.4, 0.5) is 0 Å². The molecule has 0 radical (unpaired) electrons. The van der Waals surface area contributed by atoms with Crippen LogP contribution in [0.5, 0.6) is 0 Å². The van der Waals surface area contributed by atoms with Crippen molar-refractivity contribution in [2.45, 2.75) is 63.8 Å². The number of hydrogen-bond acceptors (Lipinski definition) is 2. The minimum Gasteiger partial charge on any atom is -0.356 e. The first kappa shape index (κ1) is 18.0. The van der Waals surface area contributed by atoms with Gasteiger partial charge in [0.1, 0.15) is 0 Å². The van der Waals surface area contributed by atoms with E-state index in [0.717, 1.165) is 70.0 Å². The summed E-state index contributed by atoms with van der Waals surface area (Å²) >= 11 is 0. The number of fused-ring (bicyclic) bond motifs is 1. The topological polar surface area (TPSA) is 49.4 Å². The quantitative estimate of drug-likeness (QED) is 0.896. The molecule has 4 heteroatoms. The van der Waals surface area contributed by atoms with Crippen LogP contribution in [-0.4, -0.2) is 35.8 Å². The highest BCUT2D eigenvalue weighted by Gasteiger charge is 2.36. The zero-order valence-electron chi connectivity index (χ0n) is 15.1. The Morgan fingerprint density at radius 2 is 1.76 bits per heavy atom. The fourth-order valence-electron chi connectivity index (χ4n) is 4.24. The summed E-state index contributed by atoms with van der Waals surface area (Å²) in [5.41, 5.74) is 1.05. The molecule has 2 aliphatic rings. The van der Waals surface area contributed by atoms with E-state index in [1.807, 2.05) is 35.2 Å². The van der Waals surface area contributed by atoms with E-state index in [9.17, 15) is 9.59 Å². The SMILES string of the molecule is O=C1NCCCCCCN(C(=O)Cc2ccccc2)C2CCCCC12. The summed E-state index contributed by atoms with van der Waals surface area (Å²) in [6, 6.07) is 10.0. The second-order valence-corrected chi connectivity index (χ2v) is 7.41. The number of rotatable bonds is 2. The largest absolute Gasteiger partial charge is 0.356 e. The van der Waals surface area contributed by atoms with Gasteiger partial charge in [-0.2, -0.15) is 0 Å². The molecule has 0 bridgehead atoms. The zero-order chi connectivity index (χ0) is 17.5. The molecule has 1 aliphatic carbocycles. The number of nitrogens with zero attached hydrogens (tertiary/aromatic N) is 1. The van der Waals surface area contributed by atoms with E-state index in [1.165, 1.54) is 0 Å². The van der Waals surface area contributed by atoms with Crippen molar-refractivity contribution in [3.8, 4) is 0 Å². The Labute approximate surface area is 151 Å². The number of carbonyl (C=O) groups is 2. The van der Waals surface area contributed by atoms with Crippen molar-refractivity contribution in [2.75, 3.05) is 13.1 Å². The highest BCUT2D eigenvalue weighted by Crippen LogP contribution is 2.30. The van der Waals surface area contributed by atoms with Crippen molar-refractivity contribution in [1.82, 2.24) is 10.2 Å². The average molecular weight is 342 g/mol. The van der Waals surface area contributed by atoms with Gasteiger partial charge in [-0.25, -0.2) is 0 Å². The second-order valence-electron chi connectivity index (χ2n) is 7.41. The monoisotopic (exact) mass is 342 g/mol. The minimum absolute atomic E-state index is 0.0356. The lowest BCUT2D eigenvalue weighted by Gasteiger charge is -2.39. The van der Waals surface area contributed by atoms with Crippen molar-refractivity contribution in [2.24, 2.45) is 5.92 Å². The number of benzene rings is 1. The van der Waals surface area contributed by atoms with Gasteiger partial charge in [-0.15, -0.1) is 0 Å². The molecular weight excluding hydrogens is 312 g/mol. The van der Waals surface area contributed by atoms with Crippen LogP contribution in [0.1, 0.15) is 56.9 Å². The fraction of sp³-hybridized carbons (Fsp3) is 0.619. The molecule has 0 aromatic heterocycles. The predicted octanol–water partition coefficient (Wildman–Crippen LogP) is 3.31. The molecule has 2 unspecified atom stereocenters. The standard InChI is InChI=1S/C21H30N2O2/c24-20(16-17-10-4-3-5-11-17)23-15-9-2-1-8-14-22-21(25)18-12-6-7-13-19(18)23/h3-5,10-11,18-19H,1-2,6-9,12-16H2,(H,22,25). The molecule has 2 amide bonds. The predicted molar refractivity (Wildman–Crippen MR) is 99.1 cm³/mol. The molecule has 3 rings (SSSR count). The third-order valence-electron chi connectivity index (χ3n) is 5.61. The smallest absolute Gasteiger partial charge is 0.227 e. The van der Waals surface area contributed by atoms with Crippen molar-refractivity contribution >= 4 is 11.8 Å². The average Bonchev–Trinajstić information content (AvgIpc) is 2.67. The first-order valence-corrected chi connectivity index (χ1v) is 9.87. The minimum atomic E-state index is -0.0356. The van der Waals surface area contributed by atoms with Gasteiger partial charge in [-0.1, -0.05) is 56.0 Å². The molecule has 4 nitrogen and oxygen atoms in total. The Hall–Kier alpha value is -1.84. The van der Waals surface area contributed by atoms with Gasteiger partial charge in [0.2, 0.25) is 11.8 Å². The van der Waals surface area contributed by atoms with Gasteiger partial charge in [0.05, 0.1) is 12.3 Å². The van der Waals surface area contributed by atoms with Gasteiger partial charge in [0, 0.05) is 19.1 Å². The van der Waals surface area contributed by atoms with E-state index in [0.29, 0.717) is 6.42 Å². The van der Waals surface area contributed by atoms with Crippen molar-refractivity contribution in [3.05, 3.63) is 35.9 Å². The Morgan fingerprint density at radius 1 is 1.00 bits per heavy atom. The maximum Gasteiger partial charge on any atom is 0.227 e. The van der Waals surface area contributed by atoms with E-state index >= 15 is 0 Å². The van der Waals surface area contributed by atoms with E-state index in [2.05, 4.69) is 5.32 Å². The molecule has 1 aromatic rings. The Balaban J connectivity index is 1.78. The van der Waals surface area contributed by atoms with E-state index in [4.69, 9.17) is 0 Å². The first-order chi connectivity index (χ1) is 12.3. The maximum absolute atomic E-state index is 13.1. The third kappa shape index (κ3) is 4.83. The van der Waals surface area contributed by atoms with Crippen LogP contribution < -0.4 is 5.32 Å². The summed E-state index contributed by atoms with van der Waals surface area (Å²) < 4.78 is 0. The van der Waals surface area contributed by atoms with Crippen LogP contribution in [0.25, 0.3) is 0 Å². The van der Waals surface area contributed by atoms with Crippen LogP contribution >= 0.6 is 0 Å². The Kier molecular flexibility index (Phi) is 6.48. The molecule has 2 atom stereocenters. The summed E-state index contributed by atoms with van der Waals surface area (Å²) in [5, 5.41) is 3.11. The van der Waals surface area contributed by atoms with Gasteiger partial charge in [0.25, 0.3) is 0 Å². The molecule has 1 N–H and O–H groups in total. The molecule has 2 fully saturated rings. The van der Waals surface area contributed by atoms with E-state index in [1.54, 1.807) is 0 Å². The van der Waals surface area contributed by atoms with Gasteiger partial charge < -0.3 is 10.2 Å². The number of nitrogens with one attached hydrogen (secondary N) is 1. The van der Waals surface area contributed by atoms with Crippen LogP contribution in [0.15, 0.2) is 30.3 Å². The van der Waals surface area contributed by atoms with Crippen LogP contribution in [0.3, 0.4) is 0 Å². The lowest BCUT2D eigenvalue weighted by molar-refractivity contribution is -0.138. The van der Waals surface area contributed by atoms with E-state index < -0.39 is 0 Å². The summed E-state index contributed by atoms with van der Waals surface area (Å²) in [5.74, 6) is 0.297. The van der Waals surface area contributed by atoms with Crippen LogP contribution in [-0.2, 0) is 16.0 Å². The molecule has 1 heterocycles. The van der Waals surface area contributed by atoms with Crippen molar-refractivity contribution in [3.63, 3.8) is 0 Å². The maximum atomic E-state index is 13.1. The number of carbonyl (C=O) groups excluding carboxylic acids is 2. The fourth-order valence-corrected chi connectivity index (χ4v) is 4.24. The van der Waals surface area contributed by atoms with Gasteiger partial charge in [0.15, 0.2) is 0 Å².